The Bertz CT molecular complexity index is 136. The summed E-state index contributed by atoms with van der Waals surface area (Å²) in [5.41, 5.74) is 0.173. The molecule has 0 aliphatic carbocycles. The number of hydrogen-bond donors (Lipinski definition) is 0. The second-order valence-electron chi connectivity index (χ2n) is 4.38. The van der Waals surface area contributed by atoms with Crippen LogP contribution in [0.3, 0.4) is 0 Å². The molecule has 0 aliphatic rings. The number of alkyl halides is 1. The molecular formula is C9H22ClNSi. The Morgan fingerprint density at radius 1 is 1.17 bits per heavy atom. The van der Waals surface area contributed by atoms with E-state index in [1.54, 1.807) is 0 Å². The van der Waals surface area contributed by atoms with E-state index in [0.717, 1.165) is 23.3 Å². The van der Waals surface area contributed by atoms with Gasteiger partial charge in [0.2, 0.25) is 0 Å². The lowest BCUT2D eigenvalue weighted by Crippen LogP contribution is -2.53. The highest BCUT2D eigenvalue weighted by Gasteiger charge is 2.38. The summed E-state index contributed by atoms with van der Waals surface area (Å²) in [7, 11) is 1.00. The van der Waals surface area contributed by atoms with Gasteiger partial charge in [0.1, 0.15) is 0 Å². The van der Waals surface area contributed by atoms with Crippen LogP contribution in [-0.4, -0.2) is 32.9 Å². The third-order valence-electron chi connectivity index (χ3n) is 2.73. The largest absolute Gasteiger partial charge is 0.289 e. The number of halogens is 1. The molecule has 0 saturated carbocycles. The smallest absolute Gasteiger partial charge is 0.0796 e. The Balaban J connectivity index is 4.57. The van der Waals surface area contributed by atoms with Crippen molar-refractivity contribution in [3.05, 3.63) is 0 Å². The fraction of sp³-hybridized carbons (Fsp3) is 1.00. The first-order valence-corrected chi connectivity index (χ1v) is 6.09. The molecule has 0 aromatic heterocycles. The lowest BCUT2D eigenvalue weighted by molar-refractivity contribution is 0.139. The maximum absolute atomic E-state index is 6.57. The highest BCUT2D eigenvalue weighted by Crippen LogP contribution is 2.36. The second-order valence-corrected chi connectivity index (χ2v) is 7.19. The van der Waals surface area contributed by atoms with Crippen molar-refractivity contribution in [3.8, 4) is 0 Å². The third kappa shape index (κ3) is 2.48. The van der Waals surface area contributed by atoms with E-state index in [9.17, 15) is 0 Å². The first-order chi connectivity index (χ1) is 5.27. The zero-order valence-corrected chi connectivity index (χ0v) is 12.0. The molecule has 0 saturated heterocycles. The van der Waals surface area contributed by atoms with Crippen LogP contribution in [0.25, 0.3) is 0 Å². The fourth-order valence-corrected chi connectivity index (χ4v) is 2.16. The normalized spacial score (nSPS) is 18.2. The number of rotatable bonds is 3. The van der Waals surface area contributed by atoms with Gasteiger partial charge < -0.3 is 0 Å². The van der Waals surface area contributed by atoms with Crippen molar-refractivity contribution in [2.45, 2.75) is 39.2 Å². The summed E-state index contributed by atoms with van der Waals surface area (Å²) in [6, 6.07) is 0. The maximum atomic E-state index is 6.57. The van der Waals surface area contributed by atoms with E-state index in [1.165, 1.54) is 0 Å². The highest BCUT2D eigenvalue weighted by molar-refractivity contribution is 6.44. The molecule has 1 nitrogen and oxygen atoms in total. The zero-order chi connectivity index (χ0) is 9.99. The zero-order valence-electron chi connectivity index (χ0n) is 9.24. The van der Waals surface area contributed by atoms with Gasteiger partial charge in [-0.3, -0.25) is 4.90 Å². The molecule has 0 aromatic carbocycles. The standard InChI is InChI=1S/C9H22ClNSi/c1-6-11(7-2)9(10,12)8(3,4)5/h6-7H2,1-5,12H3. The minimum atomic E-state index is -0.101. The summed E-state index contributed by atoms with van der Waals surface area (Å²) in [5, 5.41) is 0. The minimum Gasteiger partial charge on any atom is -0.289 e. The molecule has 0 amide bonds. The van der Waals surface area contributed by atoms with Crippen LogP contribution in [0.15, 0.2) is 0 Å². The summed E-state index contributed by atoms with van der Waals surface area (Å²) in [6.07, 6.45) is 0. The minimum absolute atomic E-state index is 0.101. The molecule has 1 atom stereocenters. The van der Waals surface area contributed by atoms with Crippen LogP contribution in [0, 0.1) is 5.41 Å². The summed E-state index contributed by atoms with van der Waals surface area (Å²) in [5.74, 6) is 0. The topological polar surface area (TPSA) is 3.24 Å². The van der Waals surface area contributed by atoms with Crippen molar-refractivity contribution >= 4 is 21.8 Å². The van der Waals surface area contributed by atoms with Gasteiger partial charge in [-0.2, -0.15) is 0 Å². The van der Waals surface area contributed by atoms with E-state index in [4.69, 9.17) is 11.6 Å². The molecule has 0 fully saturated rings. The highest BCUT2D eigenvalue weighted by atomic mass is 35.5. The van der Waals surface area contributed by atoms with Crippen LogP contribution in [0.4, 0.5) is 0 Å². The average Bonchev–Trinajstić information content (AvgIpc) is 1.87. The van der Waals surface area contributed by atoms with E-state index in [2.05, 4.69) is 39.5 Å². The van der Waals surface area contributed by atoms with E-state index < -0.39 is 0 Å². The Kier molecular flexibility index (Phi) is 4.28. The SMILES string of the molecule is CCN(CC)C([SiH3])(Cl)C(C)(C)C. The predicted molar refractivity (Wildman–Crippen MR) is 60.9 cm³/mol. The second kappa shape index (κ2) is 4.12. The lowest BCUT2D eigenvalue weighted by atomic mass is 9.94. The van der Waals surface area contributed by atoms with Crippen LogP contribution in [-0.2, 0) is 0 Å². The van der Waals surface area contributed by atoms with Crippen LogP contribution in [0.2, 0.25) is 0 Å². The molecule has 3 heteroatoms. The van der Waals surface area contributed by atoms with E-state index in [1.807, 2.05) is 0 Å². The van der Waals surface area contributed by atoms with Gasteiger partial charge in [0.15, 0.2) is 0 Å². The quantitative estimate of drug-likeness (QED) is 0.387. The molecule has 0 aromatic rings. The maximum Gasteiger partial charge on any atom is 0.0796 e. The molecule has 0 aliphatic heterocycles. The third-order valence-corrected chi connectivity index (χ3v) is 5.66. The number of hydrogen-bond acceptors (Lipinski definition) is 1. The molecule has 1 unspecified atom stereocenters. The first kappa shape index (κ1) is 12.5. The van der Waals surface area contributed by atoms with Gasteiger partial charge in [-0.05, 0) is 18.5 Å². The molecular weight excluding hydrogens is 186 g/mol. The van der Waals surface area contributed by atoms with Crippen LogP contribution in [0.1, 0.15) is 34.6 Å². The Labute approximate surface area is 84.9 Å². The lowest BCUT2D eigenvalue weighted by Gasteiger charge is -2.45. The van der Waals surface area contributed by atoms with E-state index >= 15 is 0 Å². The Morgan fingerprint density at radius 3 is 1.58 bits per heavy atom. The monoisotopic (exact) mass is 207 g/mol. The average molecular weight is 208 g/mol. The van der Waals surface area contributed by atoms with Crippen LogP contribution in [0.5, 0.6) is 0 Å². The summed E-state index contributed by atoms with van der Waals surface area (Å²) < 4.78 is -0.101. The van der Waals surface area contributed by atoms with Crippen molar-refractivity contribution in [1.29, 1.82) is 0 Å². The van der Waals surface area contributed by atoms with Crippen molar-refractivity contribution in [2.75, 3.05) is 13.1 Å². The van der Waals surface area contributed by atoms with Crippen LogP contribution < -0.4 is 0 Å². The summed E-state index contributed by atoms with van der Waals surface area (Å²) in [4.78, 5) is 2.35. The first-order valence-electron chi connectivity index (χ1n) is 4.71. The molecule has 0 bridgehead atoms. The van der Waals surface area contributed by atoms with Crippen LogP contribution >= 0.6 is 11.6 Å². The van der Waals surface area contributed by atoms with Crippen molar-refractivity contribution in [3.63, 3.8) is 0 Å². The van der Waals surface area contributed by atoms with Gasteiger partial charge in [-0.1, -0.05) is 34.6 Å². The van der Waals surface area contributed by atoms with Gasteiger partial charge in [-0.25, -0.2) is 0 Å². The van der Waals surface area contributed by atoms with Crippen molar-refractivity contribution in [1.82, 2.24) is 4.90 Å². The Hall–Kier alpha value is 0.467. The number of nitrogens with zero attached hydrogens (tertiary/aromatic N) is 1. The van der Waals surface area contributed by atoms with Gasteiger partial charge in [0.05, 0.1) is 4.62 Å². The summed E-state index contributed by atoms with van der Waals surface area (Å²) >= 11 is 6.57. The molecule has 0 rings (SSSR count). The van der Waals surface area contributed by atoms with Gasteiger partial charge in [-0.15, -0.1) is 11.6 Å². The molecule has 0 N–H and O–H groups in total. The molecule has 0 spiro atoms. The molecule has 0 heterocycles. The molecule has 12 heavy (non-hydrogen) atoms. The van der Waals surface area contributed by atoms with Gasteiger partial charge in [0.25, 0.3) is 0 Å². The van der Waals surface area contributed by atoms with Crippen molar-refractivity contribution in [2.24, 2.45) is 5.41 Å². The van der Waals surface area contributed by atoms with E-state index in [-0.39, 0.29) is 10.0 Å². The fourth-order valence-electron chi connectivity index (χ4n) is 1.29. The molecule has 0 radical (unpaired) electrons. The van der Waals surface area contributed by atoms with E-state index in [0.29, 0.717) is 0 Å². The van der Waals surface area contributed by atoms with Gasteiger partial charge in [0, 0.05) is 10.2 Å². The Morgan fingerprint density at radius 2 is 1.50 bits per heavy atom. The predicted octanol–water partition coefficient (Wildman–Crippen LogP) is 1.63. The van der Waals surface area contributed by atoms with Crippen molar-refractivity contribution < 1.29 is 0 Å². The molecule has 74 valence electrons. The van der Waals surface area contributed by atoms with Gasteiger partial charge >= 0.3 is 0 Å². The summed E-state index contributed by atoms with van der Waals surface area (Å²) in [6.45, 7) is 13.1.